The first-order valence-electron chi connectivity index (χ1n) is 11.1. The van der Waals surface area contributed by atoms with Gasteiger partial charge in [-0.3, -0.25) is 14.6 Å². The molecule has 33 heavy (non-hydrogen) atoms. The maximum Gasteiger partial charge on any atom is 0.253 e. The van der Waals surface area contributed by atoms with Gasteiger partial charge < -0.3 is 10.2 Å². The van der Waals surface area contributed by atoms with Crippen molar-refractivity contribution in [2.45, 2.75) is 56.4 Å². The van der Waals surface area contributed by atoms with E-state index in [-0.39, 0.29) is 41.1 Å². The molecule has 3 rings (SSSR count). The monoisotopic (exact) mass is 472 g/mol. The fourth-order valence-corrected chi connectivity index (χ4v) is 4.74. The molecule has 2 heterocycles. The van der Waals surface area contributed by atoms with Crippen molar-refractivity contribution in [1.82, 2.24) is 19.9 Å². The van der Waals surface area contributed by atoms with Crippen LogP contribution in [0.5, 0.6) is 0 Å². The average Bonchev–Trinajstić information content (AvgIpc) is 2.79. The summed E-state index contributed by atoms with van der Waals surface area (Å²) in [5.74, 6) is -0.268. The number of nitrogens with one attached hydrogen (secondary N) is 2. The molecule has 1 aliphatic heterocycles. The maximum atomic E-state index is 12.5. The number of hydrogen-bond acceptors (Lipinski definition) is 5. The third kappa shape index (κ3) is 6.85. The van der Waals surface area contributed by atoms with E-state index in [1.54, 1.807) is 35.4 Å². The maximum absolute atomic E-state index is 12.5. The number of benzene rings is 1. The third-order valence-corrected chi connectivity index (χ3v) is 7.25. The van der Waals surface area contributed by atoms with Crippen LogP contribution in [0.4, 0.5) is 0 Å². The molecule has 2 N–H and O–H groups in total. The lowest BCUT2D eigenvalue weighted by atomic mass is 9.87. The lowest BCUT2D eigenvalue weighted by Crippen LogP contribution is -2.47. The van der Waals surface area contributed by atoms with E-state index in [9.17, 15) is 18.0 Å². The van der Waals surface area contributed by atoms with E-state index >= 15 is 0 Å². The molecule has 0 radical (unpaired) electrons. The van der Waals surface area contributed by atoms with E-state index in [0.29, 0.717) is 31.5 Å². The Balaban J connectivity index is 1.42. The molecular weight excluding hydrogens is 440 g/mol. The first-order valence-corrected chi connectivity index (χ1v) is 12.6. The van der Waals surface area contributed by atoms with Gasteiger partial charge in [0.15, 0.2) is 0 Å². The molecule has 1 fully saturated rings. The van der Waals surface area contributed by atoms with Gasteiger partial charge in [0.25, 0.3) is 5.91 Å². The third-order valence-electron chi connectivity index (χ3n) is 5.77. The van der Waals surface area contributed by atoms with Crippen LogP contribution >= 0.6 is 0 Å². The highest BCUT2D eigenvalue weighted by Crippen LogP contribution is 2.23. The van der Waals surface area contributed by atoms with Crippen LogP contribution in [0.3, 0.4) is 0 Å². The molecule has 9 heteroatoms. The molecule has 0 unspecified atom stereocenters. The molecule has 1 aromatic carbocycles. The smallest absolute Gasteiger partial charge is 0.253 e. The molecule has 1 aliphatic rings. The zero-order valence-electron chi connectivity index (χ0n) is 19.4. The Kier molecular flexibility index (Phi) is 7.86. The second-order valence-corrected chi connectivity index (χ2v) is 11.1. The average molecular weight is 473 g/mol. The highest BCUT2D eigenvalue weighted by molar-refractivity contribution is 7.89. The fraction of sp³-hybridized carbons (Fsp3) is 0.458. The van der Waals surface area contributed by atoms with Gasteiger partial charge in [-0.2, -0.15) is 0 Å². The van der Waals surface area contributed by atoms with Gasteiger partial charge in [-0.25, -0.2) is 13.1 Å². The van der Waals surface area contributed by atoms with Crippen LogP contribution in [0, 0.1) is 0 Å². The fourth-order valence-electron chi connectivity index (χ4n) is 3.71. The topological polar surface area (TPSA) is 108 Å². The van der Waals surface area contributed by atoms with Crippen LogP contribution in [0.15, 0.2) is 53.7 Å². The number of rotatable bonds is 7. The summed E-state index contributed by atoms with van der Waals surface area (Å²) < 4.78 is 27.6. The Morgan fingerprint density at radius 1 is 1.09 bits per heavy atom. The van der Waals surface area contributed by atoms with Gasteiger partial charge in [-0.15, -0.1) is 0 Å². The van der Waals surface area contributed by atoms with Crippen molar-refractivity contribution in [3.05, 3.63) is 59.9 Å². The first kappa shape index (κ1) is 24.9. The zero-order chi connectivity index (χ0) is 24.1. The van der Waals surface area contributed by atoms with Gasteiger partial charge in [-0.05, 0) is 48.1 Å². The number of pyridine rings is 1. The van der Waals surface area contributed by atoms with E-state index in [4.69, 9.17) is 0 Å². The Hall–Kier alpha value is -2.78. The van der Waals surface area contributed by atoms with E-state index < -0.39 is 10.0 Å². The molecule has 0 bridgehead atoms. The van der Waals surface area contributed by atoms with Gasteiger partial charge in [-0.1, -0.05) is 32.9 Å². The van der Waals surface area contributed by atoms with Crippen molar-refractivity contribution in [2.75, 3.05) is 19.6 Å². The van der Waals surface area contributed by atoms with Gasteiger partial charge in [0.1, 0.15) is 0 Å². The first-order chi connectivity index (χ1) is 15.6. The highest BCUT2D eigenvalue weighted by atomic mass is 32.2. The summed E-state index contributed by atoms with van der Waals surface area (Å²) >= 11 is 0. The molecule has 0 atom stereocenters. The summed E-state index contributed by atoms with van der Waals surface area (Å²) in [6.45, 7) is 7.29. The summed E-state index contributed by atoms with van der Waals surface area (Å²) in [4.78, 5) is 30.6. The van der Waals surface area contributed by atoms with Crippen molar-refractivity contribution in [1.29, 1.82) is 0 Å². The minimum absolute atomic E-state index is 0.00340. The predicted octanol–water partition coefficient (Wildman–Crippen LogP) is 2.47. The number of sulfonamides is 1. The van der Waals surface area contributed by atoms with Gasteiger partial charge in [0.05, 0.1) is 10.5 Å². The quantitative estimate of drug-likeness (QED) is 0.644. The molecule has 1 saturated heterocycles. The van der Waals surface area contributed by atoms with Gasteiger partial charge >= 0.3 is 0 Å². The van der Waals surface area contributed by atoms with Crippen LogP contribution in [0.1, 0.15) is 56.0 Å². The number of likely N-dealkylation sites (tertiary alicyclic amines) is 1. The second kappa shape index (κ2) is 10.4. The Morgan fingerprint density at radius 3 is 2.33 bits per heavy atom. The Bertz CT molecular complexity index is 1060. The van der Waals surface area contributed by atoms with Crippen molar-refractivity contribution >= 4 is 21.8 Å². The number of carbonyl (C=O) groups excluding carboxylic acids is 2. The second-order valence-electron chi connectivity index (χ2n) is 9.29. The predicted molar refractivity (Wildman–Crippen MR) is 126 cm³/mol. The van der Waals surface area contributed by atoms with Crippen molar-refractivity contribution in [3.63, 3.8) is 0 Å². The van der Waals surface area contributed by atoms with Crippen molar-refractivity contribution in [3.8, 4) is 0 Å². The van der Waals surface area contributed by atoms with E-state index in [1.807, 2.05) is 12.1 Å². The molecule has 2 amide bonds. The zero-order valence-corrected chi connectivity index (χ0v) is 20.2. The molecule has 0 spiro atoms. The number of nitrogens with zero attached hydrogens (tertiary/aromatic N) is 2. The molecule has 0 aliphatic carbocycles. The number of carbonyl (C=O) groups is 2. The number of piperidine rings is 1. The van der Waals surface area contributed by atoms with Crippen LogP contribution in [0.2, 0.25) is 0 Å². The number of amides is 2. The molecule has 0 saturated carbocycles. The SMILES string of the molecule is CC(C)(C)c1ccc(S(=O)(=O)NCCC(=O)N2CCC(NC(=O)c3cccnc3)CC2)cc1. The van der Waals surface area contributed by atoms with Crippen molar-refractivity contribution in [2.24, 2.45) is 0 Å². The number of hydrogen-bond donors (Lipinski definition) is 2. The standard InChI is InChI=1S/C24H32N4O4S/c1-24(2,3)19-6-8-21(9-7-19)33(31,32)26-14-10-22(29)28-15-11-20(12-16-28)27-23(30)18-5-4-13-25-17-18/h4-9,13,17,20,26H,10-12,14-16H2,1-3H3,(H,27,30). The van der Waals surface area contributed by atoms with Crippen molar-refractivity contribution < 1.29 is 18.0 Å². The lowest BCUT2D eigenvalue weighted by Gasteiger charge is -2.32. The number of aromatic nitrogens is 1. The normalized spacial score (nSPS) is 15.3. The van der Waals surface area contributed by atoms with Gasteiger partial charge in [0.2, 0.25) is 15.9 Å². The van der Waals surface area contributed by atoms with Crippen LogP contribution < -0.4 is 10.0 Å². The molecule has 2 aromatic rings. The largest absolute Gasteiger partial charge is 0.349 e. The molecule has 1 aromatic heterocycles. The summed E-state index contributed by atoms with van der Waals surface area (Å²) in [7, 11) is -3.67. The van der Waals surface area contributed by atoms with E-state index in [0.717, 1.165) is 5.56 Å². The minimum atomic E-state index is -3.67. The Labute approximate surface area is 195 Å². The highest BCUT2D eigenvalue weighted by Gasteiger charge is 2.24. The Morgan fingerprint density at radius 2 is 1.76 bits per heavy atom. The summed E-state index contributed by atoms with van der Waals surface area (Å²) in [6, 6.07) is 10.2. The van der Waals surface area contributed by atoms with Crippen LogP contribution in [-0.2, 0) is 20.2 Å². The van der Waals surface area contributed by atoms with Crippen LogP contribution in [-0.4, -0.2) is 55.8 Å². The summed E-state index contributed by atoms with van der Waals surface area (Å²) in [6.07, 6.45) is 4.54. The molecule has 8 nitrogen and oxygen atoms in total. The summed E-state index contributed by atoms with van der Waals surface area (Å²) in [5.41, 5.74) is 1.50. The molecule has 178 valence electrons. The lowest BCUT2D eigenvalue weighted by molar-refractivity contribution is -0.132. The van der Waals surface area contributed by atoms with Gasteiger partial charge in [0, 0.05) is 44.5 Å². The van der Waals surface area contributed by atoms with E-state index in [1.165, 1.54) is 6.20 Å². The van der Waals surface area contributed by atoms with E-state index in [2.05, 4.69) is 35.8 Å². The molecular formula is C24H32N4O4S. The summed E-state index contributed by atoms with van der Waals surface area (Å²) in [5, 5.41) is 2.98. The minimum Gasteiger partial charge on any atom is -0.349 e. The van der Waals surface area contributed by atoms with Crippen LogP contribution in [0.25, 0.3) is 0 Å².